The third-order valence-corrected chi connectivity index (χ3v) is 5.29. The minimum Gasteiger partial charge on any atom is -0.484 e. The van der Waals surface area contributed by atoms with E-state index in [1.807, 2.05) is 30.3 Å². The Morgan fingerprint density at radius 3 is 2.66 bits per heavy atom. The van der Waals surface area contributed by atoms with Gasteiger partial charge >= 0.3 is 0 Å². The highest BCUT2D eigenvalue weighted by atomic mass is 16.5. The highest BCUT2D eigenvalue weighted by Gasteiger charge is 2.23. The van der Waals surface area contributed by atoms with Gasteiger partial charge in [-0.25, -0.2) is 0 Å². The standard InChI is InChI=1S/C25H35N5O2/c1-3-30(22-10-5-4-6-11-22)16-8-15-27-25(26-2)28-18-20-9-7-12-23(17-20)32-19-24(31)29-21-13-14-21/h4-7,9-12,17,21H,3,8,13-16,18-19H2,1-2H3,(H,29,31)(H2,26,27,28). The van der Waals surface area contributed by atoms with Crippen molar-refractivity contribution in [1.29, 1.82) is 0 Å². The van der Waals surface area contributed by atoms with Gasteiger partial charge in [0.05, 0.1) is 0 Å². The van der Waals surface area contributed by atoms with Crippen LogP contribution in [0.15, 0.2) is 59.6 Å². The predicted molar refractivity (Wildman–Crippen MR) is 130 cm³/mol. The maximum atomic E-state index is 11.8. The Kier molecular flexibility index (Phi) is 9.22. The number of nitrogens with one attached hydrogen (secondary N) is 3. The van der Waals surface area contributed by atoms with Gasteiger partial charge in [-0.2, -0.15) is 0 Å². The maximum Gasteiger partial charge on any atom is 0.258 e. The first-order chi connectivity index (χ1) is 15.7. The Morgan fingerprint density at radius 2 is 1.94 bits per heavy atom. The number of nitrogens with zero attached hydrogens (tertiary/aromatic N) is 2. The molecule has 1 aliphatic carbocycles. The molecular formula is C25H35N5O2. The maximum absolute atomic E-state index is 11.8. The topological polar surface area (TPSA) is 78.0 Å². The fraction of sp³-hybridized carbons (Fsp3) is 0.440. The zero-order valence-electron chi connectivity index (χ0n) is 19.1. The lowest BCUT2D eigenvalue weighted by molar-refractivity contribution is -0.123. The fourth-order valence-corrected chi connectivity index (χ4v) is 3.38. The van der Waals surface area contributed by atoms with Gasteiger partial charge in [0.25, 0.3) is 5.91 Å². The third kappa shape index (κ3) is 8.13. The van der Waals surface area contributed by atoms with Crippen LogP contribution in [0.5, 0.6) is 5.75 Å². The van der Waals surface area contributed by atoms with Crippen LogP contribution in [0.1, 0.15) is 31.7 Å². The summed E-state index contributed by atoms with van der Waals surface area (Å²) in [5, 5.41) is 9.64. The summed E-state index contributed by atoms with van der Waals surface area (Å²) in [5.74, 6) is 1.40. The monoisotopic (exact) mass is 437 g/mol. The van der Waals surface area contributed by atoms with Crippen molar-refractivity contribution in [2.75, 3.05) is 38.2 Å². The van der Waals surface area contributed by atoms with E-state index >= 15 is 0 Å². The smallest absolute Gasteiger partial charge is 0.258 e. The fourth-order valence-electron chi connectivity index (χ4n) is 3.38. The number of ether oxygens (including phenoxy) is 1. The summed E-state index contributed by atoms with van der Waals surface area (Å²) in [4.78, 5) is 18.5. The summed E-state index contributed by atoms with van der Waals surface area (Å²) in [6.07, 6.45) is 3.16. The van der Waals surface area contributed by atoms with E-state index in [0.29, 0.717) is 18.3 Å². The molecule has 1 amide bonds. The van der Waals surface area contributed by atoms with E-state index in [4.69, 9.17) is 4.74 Å². The molecule has 0 atom stereocenters. The van der Waals surface area contributed by atoms with Crippen LogP contribution in [0.4, 0.5) is 5.69 Å². The molecule has 0 bridgehead atoms. The molecule has 2 aromatic carbocycles. The number of benzene rings is 2. The van der Waals surface area contributed by atoms with Crippen molar-refractivity contribution in [3.05, 3.63) is 60.2 Å². The third-order valence-electron chi connectivity index (χ3n) is 5.29. The molecule has 0 spiro atoms. The van der Waals surface area contributed by atoms with Gasteiger partial charge in [-0.15, -0.1) is 0 Å². The first-order valence-electron chi connectivity index (χ1n) is 11.4. The van der Waals surface area contributed by atoms with E-state index < -0.39 is 0 Å². The molecule has 0 aromatic heterocycles. The molecule has 1 fully saturated rings. The Bertz CT molecular complexity index is 868. The van der Waals surface area contributed by atoms with Gasteiger partial charge in [0, 0.05) is 45.0 Å². The van der Waals surface area contributed by atoms with Crippen LogP contribution >= 0.6 is 0 Å². The minimum absolute atomic E-state index is 0.0500. The van der Waals surface area contributed by atoms with Crippen molar-refractivity contribution in [2.24, 2.45) is 4.99 Å². The second kappa shape index (κ2) is 12.6. The number of hydrogen-bond donors (Lipinski definition) is 3. The van der Waals surface area contributed by atoms with Gasteiger partial charge in [-0.3, -0.25) is 9.79 Å². The molecule has 172 valence electrons. The van der Waals surface area contributed by atoms with E-state index in [-0.39, 0.29) is 12.5 Å². The molecule has 0 unspecified atom stereocenters. The Hall–Kier alpha value is -3.22. The average molecular weight is 438 g/mol. The minimum atomic E-state index is -0.0606. The van der Waals surface area contributed by atoms with Crippen LogP contribution in [-0.2, 0) is 11.3 Å². The number of anilines is 1. The largest absolute Gasteiger partial charge is 0.484 e. The summed E-state index contributed by atoms with van der Waals surface area (Å²) >= 11 is 0. The molecule has 0 aliphatic heterocycles. The first-order valence-corrected chi connectivity index (χ1v) is 11.4. The van der Waals surface area contributed by atoms with Crippen molar-refractivity contribution < 1.29 is 9.53 Å². The summed E-state index contributed by atoms with van der Waals surface area (Å²) in [7, 11) is 1.77. The molecular weight excluding hydrogens is 402 g/mol. The number of aliphatic imine (C=N–C) groups is 1. The lowest BCUT2D eigenvalue weighted by Gasteiger charge is -2.23. The molecule has 1 aliphatic rings. The normalized spacial score (nSPS) is 13.4. The molecule has 3 N–H and O–H groups in total. The van der Waals surface area contributed by atoms with Gasteiger partial charge in [-0.05, 0) is 56.0 Å². The van der Waals surface area contributed by atoms with Gasteiger partial charge in [0.2, 0.25) is 0 Å². The molecule has 0 saturated heterocycles. The molecule has 1 saturated carbocycles. The van der Waals surface area contributed by atoms with E-state index in [1.54, 1.807) is 7.05 Å². The number of carbonyl (C=O) groups is 1. The molecule has 3 rings (SSSR count). The van der Waals surface area contributed by atoms with E-state index in [2.05, 4.69) is 57.0 Å². The average Bonchev–Trinajstić information content (AvgIpc) is 3.64. The number of rotatable bonds is 12. The van der Waals surface area contributed by atoms with Crippen LogP contribution in [0.3, 0.4) is 0 Å². The number of guanidine groups is 1. The summed E-state index contributed by atoms with van der Waals surface area (Å²) in [6.45, 7) is 5.65. The molecule has 0 heterocycles. The van der Waals surface area contributed by atoms with Gasteiger partial charge in [0.1, 0.15) is 5.75 Å². The second-order valence-electron chi connectivity index (χ2n) is 7.90. The van der Waals surface area contributed by atoms with Crippen LogP contribution in [-0.4, -0.2) is 51.2 Å². The summed E-state index contributed by atoms with van der Waals surface area (Å²) in [6, 6.07) is 18.6. The number of amides is 1. The van der Waals surface area contributed by atoms with Gasteiger partial charge in [0.15, 0.2) is 12.6 Å². The first kappa shape index (κ1) is 23.4. The van der Waals surface area contributed by atoms with Gasteiger partial charge in [-0.1, -0.05) is 30.3 Å². The quantitative estimate of drug-likeness (QED) is 0.270. The Labute approximate surface area is 191 Å². The molecule has 32 heavy (non-hydrogen) atoms. The van der Waals surface area contributed by atoms with E-state index in [9.17, 15) is 4.79 Å². The Morgan fingerprint density at radius 1 is 1.12 bits per heavy atom. The van der Waals surface area contributed by atoms with E-state index in [0.717, 1.165) is 50.4 Å². The van der Waals surface area contributed by atoms with Crippen molar-refractivity contribution >= 4 is 17.6 Å². The van der Waals surface area contributed by atoms with Crippen LogP contribution in [0, 0.1) is 0 Å². The van der Waals surface area contributed by atoms with Crippen molar-refractivity contribution in [3.8, 4) is 5.75 Å². The van der Waals surface area contributed by atoms with Crippen molar-refractivity contribution in [1.82, 2.24) is 16.0 Å². The molecule has 2 aromatic rings. The zero-order chi connectivity index (χ0) is 22.6. The number of para-hydroxylation sites is 1. The van der Waals surface area contributed by atoms with Crippen LogP contribution < -0.4 is 25.6 Å². The van der Waals surface area contributed by atoms with Gasteiger partial charge < -0.3 is 25.6 Å². The van der Waals surface area contributed by atoms with Crippen LogP contribution in [0.2, 0.25) is 0 Å². The highest BCUT2D eigenvalue weighted by Crippen LogP contribution is 2.18. The van der Waals surface area contributed by atoms with E-state index in [1.165, 1.54) is 5.69 Å². The lowest BCUT2D eigenvalue weighted by Crippen LogP contribution is -2.38. The highest BCUT2D eigenvalue weighted by molar-refractivity contribution is 5.79. The Balaban J connectivity index is 1.36. The SMILES string of the molecule is CCN(CCCNC(=NC)NCc1cccc(OCC(=O)NC2CC2)c1)c1ccccc1. The van der Waals surface area contributed by atoms with Crippen molar-refractivity contribution in [2.45, 2.75) is 38.8 Å². The number of hydrogen-bond acceptors (Lipinski definition) is 4. The summed E-state index contributed by atoms with van der Waals surface area (Å²) < 4.78 is 5.63. The van der Waals surface area contributed by atoms with Crippen molar-refractivity contribution in [3.63, 3.8) is 0 Å². The molecule has 7 nitrogen and oxygen atoms in total. The number of carbonyl (C=O) groups excluding carboxylic acids is 1. The second-order valence-corrected chi connectivity index (χ2v) is 7.90. The summed E-state index contributed by atoms with van der Waals surface area (Å²) in [5.41, 5.74) is 2.32. The zero-order valence-corrected chi connectivity index (χ0v) is 19.1. The lowest BCUT2D eigenvalue weighted by atomic mass is 10.2. The molecule has 0 radical (unpaired) electrons. The molecule has 7 heteroatoms. The predicted octanol–water partition coefficient (Wildman–Crippen LogP) is 2.93. The van der Waals surface area contributed by atoms with Crippen LogP contribution in [0.25, 0.3) is 0 Å².